The summed E-state index contributed by atoms with van der Waals surface area (Å²) in [6, 6.07) is 6.78. The number of carbonyl (C=O) groups excluding carboxylic acids is 1. The minimum atomic E-state index is 0.0746. The highest BCUT2D eigenvalue weighted by molar-refractivity contribution is 5.91. The zero-order valence-electron chi connectivity index (χ0n) is 9.10. The number of phenolic OH excluding ortho intramolecular Hbond substituents is 1. The van der Waals surface area contributed by atoms with Crippen molar-refractivity contribution in [3.8, 4) is 5.75 Å². The fourth-order valence-electron chi connectivity index (χ4n) is 1.80. The molecule has 1 aromatic carbocycles. The number of phenols is 1. The van der Waals surface area contributed by atoms with Crippen molar-refractivity contribution in [2.24, 2.45) is 0 Å². The van der Waals surface area contributed by atoms with Crippen LogP contribution < -0.4 is 0 Å². The molecule has 1 amide bonds. The van der Waals surface area contributed by atoms with E-state index >= 15 is 0 Å². The van der Waals surface area contributed by atoms with Gasteiger partial charge in [-0.2, -0.15) is 0 Å². The van der Waals surface area contributed by atoms with Gasteiger partial charge in [0.1, 0.15) is 5.75 Å². The standard InChI is InChI=1S/C13H15NO2/c15-12-6-3-11(4-7-12)5-8-13(16)14-9-1-2-10-14/h3-8,15H,1-2,9-10H2/b8-5+. The number of nitrogens with zero attached hydrogens (tertiary/aromatic N) is 1. The first-order valence-corrected chi connectivity index (χ1v) is 5.52. The second-order valence-corrected chi connectivity index (χ2v) is 3.96. The van der Waals surface area contributed by atoms with Crippen molar-refractivity contribution in [3.63, 3.8) is 0 Å². The molecule has 0 radical (unpaired) electrons. The lowest BCUT2D eigenvalue weighted by atomic mass is 10.2. The molecular formula is C13H15NO2. The molecule has 0 atom stereocenters. The SMILES string of the molecule is O=C(/C=C/c1ccc(O)cc1)N1CCCC1. The molecule has 16 heavy (non-hydrogen) atoms. The molecule has 0 saturated carbocycles. The van der Waals surface area contributed by atoms with Crippen LogP contribution in [0.5, 0.6) is 5.75 Å². The number of amides is 1. The van der Waals surface area contributed by atoms with Crippen LogP contribution >= 0.6 is 0 Å². The molecule has 3 nitrogen and oxygen atoms in total. The Bertz CT molecular complexity index is 389. The molecule has 0 aliphatic carbocycles. The zero-order chi connectivity index (χ0) is 11.4. The Labute approximate surface area is 95.0 Å². The third-order valence-corrected chi connectivity index (χ3v) is 2.73. The lowest BCUT2D eigenvalue weighted by Gasteiger charge is -2.11. The Morgan fingerprint density at radius 3 is 2.44 bits per heavy atom. The van der Waals surface area contributed by atoms with E-state index in [1.54, 1.807) is 36.4 Å². The second-order valence-electron chi connectivity index (χ2n) is 3.96. The van der Waals surface area contributed by atoms with Gasteiger partial charge in [-0.15, -0.1) is 0 Å². The predicted molar refractivity (Wildman–Crippen MR) is 63.0 cm³/mol. The van der Waals surface area contributed by atoms with E-state index in [0.717, 1.165) is 31.5 Å². The summed E-state index contributed by atoms with van der Waals surface area (Å²) in [5.41, 5.74) is 0.922. The van der Waals surface area contributed by atoms with Gasteiger partial charge in [-0.05, 0) is 36.6 Å². The molecule has 1 aliphatic rings. The van der Waals surface area contributed by atoms with Gasteiger partial charge in [-0.3, -0.25) is 4.79 Å². The van der Waals surface area contributed by atoms with Crippen LogP contribution in [-0.4, -0.2) is 29.0 Å². The smallest absolute Gasteiger partial charge is 0.246 e. The van der Waals surface area contributed by atoms with Crippen LogP contribution in [0.25, 0.3) is 6.08 Å². The Balaban J connectivity index is 1.97. The van der Waals surface area contributed by atoms with Crippen LogP contribution in [0.4, 0.5) is 0 Å². The van der Waals surface area contributed by atoms with Crippen molar-refractivity contribution in [3.05, 3.63) is 35.9 Å². The van der Waals surface area contributed by atoms with Gasteiger partial charge in [-0.1, -0.05) is 12.1 Å². The summed E-state index contributed by atoms with van der Waals surface area (Å²) in [4.78, 5) is 13.5. The minimum Gasteiger partial charge on any atom is -0.508 e. The van der Waals surface area contributed by atoms with Crippen LogP contribution in [0.15, 0.2) is 30.3 Å². The maximum absolute atomic E-state index is 11.7. The van der Waals surface area contributed by atoms with E-state index in [4.69, 9.17) is 5.11 Å². The van der Waals surface area contributed by atoms with E-state index in [9.17, 15) is 4.79 Å². The van der Waals surface area contributed by atoms with Gasteiger partial charge in [-0.25, -0.2) is 0 Å². The van der Waals surface area contributed by atoms with Crippen LogP contribution in [0, 0.1) is 0 Å². The van der Waals surface area contributed by atoms with E-state index in [1.165, 1.54) is 0 Å². The second kappa shape index (κ2) is 4.84. The van der Waals surface area contributed by atoms with E-state index < -0.39 is 0 Å². The van der Waals surface area contributed by atoms with Gasteiger partial charge < -0.3 is 10.0 Å². The van der Waals surface area contributed by atoms with Gasteiger partial charge >= 0.3 is 0 Å². The van der Waals surface area contributed by atoms with E-state index in [1.807, 2.05) is 4.90 Å². The van der Waals surface area contributed by atoms with Gasteiger partial charge in [0.25, 0.3) is 0 Å². The van der Waals surface area contributed by atoms with E-state index in [2.05, 4.69) is 0 Å². The summed E-state index contributed by atoms with van der Waals surface area (Å²) >= 11 is 0. The third-order valence-electron chi connectivity index (χ3n) is 2.73. The summed E-state index contributed by atoms with van der Waals surface area (Å²) < 4.78 is 0. The fraction of sp³-hybridized carbons (Fsp3) is 0.308. The molecule has 1 heterocycles. The molecule has 0 bridgehead atoms. The van der Waals surface area contributed by atoms with E-state index in [0.29, 0.717) is 0 Å². The number of hydrogen-bond acceptors (Lipinski definition) is 2. The van der Waals surface area contributed by atoms with Gasteiger partial charge in [0.2, 0.25) is 5.91 Å². The summed E-state index contributed by atoms with van der Waals surface area (Å²) in [5.74, 6) is 0.314. The number of rotatable bonds is 2. The number of benzene rings is 1. The van der Waals surface area contributed by atoms with Crippen molar-refractivity contribution < 1.29 is 9.90 Å². The maximum atomic E-state index is 11.7. The minimum absolute atomic E-state index is 0.0746. The van der Waals surface area contributed by atoms with Crippen molar-refractivity contribution in [2.45, 2.75) is 12.8 Å². The van der Waals surface area contributed by atoms with E-state index in [-0.39, 0.29) is 11.7 Å². The number of carbonyl (C=O) groups is 1. The van der Waals surface area contributed by atoms with Crippen LogP contribution in [-0.2, 0) is 4.79 Å². The van der Waals surface area contributed by atoms with Gasteiger partial charge in [0.15, 0.2) is 0 Å². The molecule has 1 fully saturated rings. The summed E-state index contributed by atoms with van der Waals surface area (Å²) in [5, 5.41) is 9.11. The topological polar surface area (TPSA) is 40.5 Å². The van der Waals surface area contributed by atoms with Crippen molar-refractivity contribution >= 4 is 12.0 Å². The average Bonchev–Trinajstić information content (AvgIpc) is 2.81. The molecule has 1 aromatic rings. The summed E-state index contributed by atoms with van der Waals surface area (Å²) in [6.07, 6.45) is 5.59. The highest BCUT2D eigenvalue weighted by Gasteiger charge is 2.14. The highest BCUT2D eigenvalue weighted by atomic mass is 16.3. The molecule has 0 spiro atoms. The fourth-order valence-corrected chi connectivity index (χ4v) is 1.80. The highest BCUT2D eigenvalue weighted by Crippen LogP contribution is 2.12. The molecule has 84 valence electrons. The lowest BCUT2D eigenvalue weighted by molar-refractivity contribution is -0.124. The lowest BCUT2D eigenvalue weighted by Crippen LogP contribution is -2.25. The first-order chi connectivity index (χ1) is 7.75. The average molecular weight is 217 g/mol. The third kappa shape index (κ3) is 2.63. The molecule has 1 N–H and O–H groups in total. The summed E-state index contributed by atoms with van der Waals surface area (Å²) in [6.45, 7) is 1.75. The van der Waals surface area contributed by atoms with Gasteiger partial charge in [0, 0.05) is 19.2 Å². The number of aromatic hydroxyl groups is 1. The number of likely N-dealkylation sites (tertiary alicyclic amines) is 1. The van der Waals surface area contributed by atoms with Crippen molar-refractivity contribution in [1.82, 2.24) is 4.90 Å². The molecular weight excluding hydrogens is 202 g/mol. The maximum Gasteiger partial charge on any atom is 0.246 e. The zero-order valence-corrected chi connectivity index (χ0v) is 9.10. The van der Waals surface area contributed by atoms with Crippen LogP contribution in [0.3, 0.4) is 0 Å². The van der Waals surface area contributed by atoms with Crippen LogP contribution in [0.2, 0.25) is 0 Å². The number of hydrogen-bond donors (Lipinski definition) is 1. The Morgan fingerprint density at radius 2 is 1.81 bits per heavy atom. The van der Waals surface area contributed by atoms with Crippen molar-refractivity contribution in [1.29, 1.82) is 0 Å². The molecule has 1 saturated heterocycles. The monoisotopic (exact) mass is 217 g/mol. The Kier molecular flexibility index (Phi) is 3.25. The van der Waals surface area contributed by atoms with Crippen molar-refractivity contribution in [2.75, 3.05) is 13.1 Å². The van der Waals surface area contributed by atoms with Crippen LogP contribution in [0.1, 0.15) is 18.4 Å². The predicted octanol–water partition coefficient (Wildman–Crippen LogP) is 2.03. The molecule has 0 unspecified atom stereocenters. The normalized spacial score (nSPS) is 15.9. The van der Waals surface area contributed by atoms with Gasteiger partial charge in [0.05, 0.1) is 0 Å². The molecule has 3 heteroatoms. The quantitative estimate of drug-likeness (QED) is 0.770. The molecule has 2 rings (SSSR count). The summed E-state index contributed by atoms with van der Waals surface area (Å²) in [7, 11) is 0. The largest absolute Gasteiger partial charge is 0.508 e. The first-order valence-electron chi connectivity index (χ1n) is 5.52. The molecule has 1 aliphatic heterocycles. The Hall–Kier alpha value is -1.77. The first kappa shape index (κ1) is 10.7. The Morgan fingerprint density at radius 1 is 1.19 bits per heavy atom. The molecule has 0 aromatic heterocycles.